The fraction of sp³-hybridized carbons (Fsp3) is 0.647. The lowest BCUT2D eigenvalue weighted by Crippen LogP contribution is -2.46. The molecule has 0 aromatic heterocycles. The van der Waals surface area contributed by atoms with Gasteiger partial charge in [-0.05, 0) is 51.3 Å². The molecule has 1 N–H and O–H groups in total. The van der Waals surface area contributed by atoms with Crippen molar-refractivity contribution in [2.75, 3.05) is 7.05 Å². The van der Waals surface area contributed by atoms with Gasteiger partial charge in [-0.25, -0.2) is 8.42 Å². The number of benzene rings is 1. The van der Waals surface area contributed by atoms with E-state index in [4.69, 9.17) is 0 Å². The molecule has 0 saturated heterocycles. The summed E-state index contributed by atoms with van der Waals surface area (Å²) in [4.78, 5) is 0.468. The highest BCUT2D eigenvalue weighted by atomic mass is 32.2. The Morgan fingerprint density at radius 3 is 2.43 bits per heavy atom. The molecule has 1 aromatic carbocycles. The molecule has 0 spiro atoms. The second kappa shape index (κ2) is 6.93. The van der Waals surface area contributed by atoms with E-state index in [1.54, 1.807) is 12.1 Å². The fourth-order valence-corrected chi connectivity index (χ4v) is 5.55. The molecule has 1 fully saturated rings. The van der Waals surface area contributed by atoms with Gasteiger partial charge in [0.25, 0.3) is 0 Å². The summed E-state index contributed by atoms with van der Waals surface area (Å²) in [5.74, 6) is 0.546. The van der Waals surface area contributed by atoms with Gasteiger partial charge in [0.2, 0.25) is 0 Å². The average molecular weight is 309 g/mol. The molecule has 4 heteroatoms. The summed E-state index contributed by atoms with van der Waals surface area (Å²) in [5, 5.41) is 2.93. The molecule has 0 amide bonds. The lowest BCUT2D eigenvalue weighted by Gasteiger charge is -2.35. The highest BCUT2D eigenvalue weighted by Crippen LogP contribution is 2.34. The van der Waals surface area contributed by atoms with Crippen LogP contribution in [0.2, 0.25) is 0 Å². The van der Waals surface area contributed by atoms with Crippen LogP contribution in [0.15, 0.2) is 29.2 Å². The minimum Gasteiger partial charge on any atom is -0.316 e. The van der Waals surface area contributed by atoms with Gasteiger partial charge in [0.05, 0.1) is 10.1 Å². The number of hydrogen-bond donors (Lipinski definition) is 1. The van der Waals surface area contributed by atoms with E-state index in [-0.39, 0.29) is 11.3 Å². The predicted molar refractivity (Wildman–Crippen MR) is 87.2 cm³/mol. The maximum absolute atomic E-state index is 13.0. The Hall–Kier alpha value is -0.870. The van der Waals surface area contributed by atoms with Crippen LogP contribution in [0.3, 0.4) is 0 Å². The largest absolute Gasteiger partial charge is 0.316 e. The van der Waals surface area contributed by atoms with E-state index < -0.39 is 9.84 Å². The average Bonchev–Trinajstić information content (AvgIpc) is 2.48. The SMILES string of the molecule is CCCC1CCC(NC)C(S(=O)(=O)c2ccc(C)cc2)C1. The Morgan fingerprint density at radius 1 is 1.19 bits per heavy atom. The van der Waals surface area contributed by atoms with Crippen LogP contribution in [0.1, 0.15) is 44.6 Å². The third-order valence-corrected chi connectivity index (χ3v) is 6.96. The van der Waals surface area contributed by atoms with E-state index in [9.17, 15) is 8.42 Å². The lowest BCUT2D eigenvalue weighted by molar-refractivity contribution is 0.288. The summed E-state index contributed by atoms with van der Waals surface area (Å²) < 4.78 is 26.0. The molecule has 0 radical (unpaired) electrons. The van der Waals surface area contributed by atoms with Crippen molar-refractivity contribution in [1.82, 2.24) is 5.32 Å². The van der Waals surface area contributed by atoms with Crippen LogP contribution < -0.4 is 5.32 Å². The molecule has 2 rings (SSSR count). The van der Waals surface area contributed by atoms with Crippen molar-refractivity contribution in [2.24, 2.45) is 5.92 Å². The lowest BCUT2D eigenvalue weighted by atomic mass is 9.83. The van der Waals surface area contributed by atoms with Crippen LogP contribution in [0, 0.1) is 12.8 Å². The maximum Gasteiger partial charge on any atom is 0.182 e. The van der Waals surface area contributed by atoms with E-state index >= 15 is 0 Å². The Balaban J connectivity index is 2.28. The van der Waals surface area contributed by atoms with E-state index in [1.165, 1.54) is 0 Å². The first kappa shape index (κ1) is 16.5. The second-order valence-electron chi connectivity index (χ2n) is 6.26. The first-order valence-corrected chi connectivity index (χ1v) is 9.51. The zero-order chi connectivity index (χ0) is 15.5. The Labute approximate surface area is 129 Å². The molecule has 21 heavy (non-hydrogen) atoms. The predicted octanol–water partition coefficient (Wildman–Crippen LogP) is 3.33. The highest BCUT2D eigenvalue weighted by molar-refractivity contribution is 7.92. The summed E-state index contributed by atoms with van der Waals surface area (Å²) in [6.45, 7) is 4.15. The van der Waals surface area contributed by atoms with Crippen LogP contribution >= 0.6 is 0 Å². The van der Waals surface area contributed by atoms with Gasteiger partial charge in [0, 0.05) is 6.04 Å². The molecule has 0 aliphatic heterocycles. The van der Waals surface area contributed by atoms with Gasteiger partial charge in [0.15, 0.2) is 9.84 Å². The molecule has 0 bridgehead atoms. The molecule has 1 aromatic rings. The van der Waals surface area contributed by atoms with Crippen molar-refractivity contribution in [1.29, 1.82) is 0 Å². The molecular formula is C17H27NO2S. The summed E-state index contributed by atoms with van der Waals surface area (Å²) in [6, 6.07) is 7.34. The van der Waals surface area contributed by atoms with E-state index in [1.807, 2.05) is 26.1 Å². The number of rotatable bonds is 5. The first-order chi connectivity index (χ1) is 9.98. The molecule has 118 valence electrons. The van der Waals surface area contributed by atoms with E-state index in [2.05, 4.69) is 12.2 Å². The zero-order valence-corrected chi connectivity index (χ0v) is 14.1. The van der Waals surface area contributed by atoms with Gasteiger partial charge in [-0.3, -0.25) is 0 Å². The third kappa shape index (κ3) is 3.67. The van der Waals surface area contributed by atoms with Crippen LogP contribution in [-0.2, 0) is 9.84 Å². The standard InChI is InChI=1S/C17H27NO2S/c1-4-5-14-8-11-16(18-3)17(12-14)21(19,20)15-9-6-13(2)7-10-15/h6-7,9-10,14,16-18H,4-5,8,11-12H2,1-3H3. The van der Waals surface area contributed by atoms with E-state index in [0.717, 1.165) is 37.7 Å². The van der Waals surface area contributed by atoms with Crippen molar-refractivity contribution >= 4 is 9.84 Å². The minimum atomic E-state index is -3.25. The number of aryl methyl sites for hydroxylation is 1. The van der Waals surface area contributed by atoms with Gasteiger partial charge in [-0.15, -0.1) is 0 Å². The van der Waals surface area contributed by atoms with Crippen molar-refractivity contribution in [2.45, 2.75) is 62.1 Å². The Kier molecular flexibility index (Phi) is 5.44. The fourth-order valence-electron chi connectivity index (χ4n) is 3.46. The molecule has 3 atom stereocenters. The van der Waals surface area contributed by atoms with Crippen molar-refractivity contribution in [3.8, 4) is 0 Å². The summed E-state index contributed by atoms with van der Waals surface area (Å²) in [7, 11) is -1.38. The van der Waals surface area contributed by atoms with Gasteiger partial charge in [0.1, 0.15) is 0 Å². The van der Waals surface area contributed by atoms with Crippen molar-refractivity contribution in [3.63, 3.8) is 0 Å². The number of nitrogens with one attached hydrogen (secondary N) is 1. The van der Waals surface area contributed by atoms with Gasteiger partial charge in [-0.2, -0.15) is 0 Å². The summed E-state index contributed by atoms with van der Waals surface area (Å²) in [5.41, 5.74) is 1.09. The highest BCUT2D eigenvalue weighted by Gasteiger charge is 2.38. The monoisotopic (exact) mass is 309 g/mol. The zero-order valence-electron chi connectivity index (χ0n) is 13.3. The van der Waals surface area contributed by atoms with Gasteiger partial charge >= 0.3 is 0 Å². The van der Waals surface area contributed by atoms with Crippen LogP contribution in [0.5, 0.6) is 0 Å². The number of hydrogen-bond acceptors (Lipinski definition) is 3. The Bertz CT molecular complexity index is 551. The maximum atomic E-state index is 13.0. The van der Waals surface area contributed by atoms with Gasteiger partial charge in [-0.1, -0.05) is 37.5 Å². The molecule has 3 unspecified atom stereocenters. The van der Waals surface area contributed by atoms with E-state index in [0.29, 0.717) is 10.8 Å². The molecule has 1 aliphatic rings. The first-order valence-electron chi connectivity index (χ1n) is 7.96. The van der Waals surface area contributed by atoms with Crippen LogP contribution in [-0.4, -0.2) is 26.8 Å². The summed E-state index contributed by atoms with van der Waals surface area (Å²) in [6.07, 6.45) is 5.15. The molecule has 1 saturated carbocycles. The molecule has 0 heterocycles. The molecular weight excluding hydrogens is 282 g/mol. The molecule has 3 nitrogen and oxygen atoms in total. The normalized spacial score (nSPS) is 26.7. The minimum absolute atomic E-state index is 0.0735. The number of sulfone groups is 1. The van der Waals surface area contributed by atoms with Crippen molar-refractivity contribution in [3.05, 3.63) is 29.8 Å². The smallest absolute Gasteiger partial charge is 0.182 e. The molecule has 1 aliphatic carbocycles. The summed E-state index contributed by atoms with van der Waals surface area (Å²) >= 11 is 0. The topological polar surface area (TPSA) is 46.2 Å². The van der Waals surface area contributed by atoms with Gasteiger partial charge < -0.3 is 5.32 Å². The Morgan fingerprint density at radius 2 is 1.86 bits per heavy atom. The van der Waals surface area contributed by atoms with Crippen molar-refractivity contribution < 1.29 is 8.42 Å². The second-order valence-corrected chi connectivity index (χ2v) is 8.43. The van der Waals surface area contributed by atoms with Crippen LogP contribution in [0.25, 0.3) is 0 Å². The van der Waals surface area contributed by atoms with Crippen LogP contribution in [0.4, 0.5) is 0 Å². The third-order valence-electron chi connectivity index (χ3n) is 4.72. The quantitative estimate of drug-likeness (QED) is 0.907.